The first kappa shape index (κ1) is 37.4. The summed E-state index contributed by atoms with van der Waals surface area (Å²) in [6.45, 7) is 9.13. The maximum atomic E-state index is 8.50. The van der Waals surface area contributed by atoms with Crippen LogP contribution < -0.4 is 14.5 Å². The fourth-order valence-electron chi connectivity index (χ4n) is 10.0. The van der Waals surface area contributed by atoms with Crippen LogP contribution in [0.4, 0.5) is 22.7 Å². The van der Waals surface area contributed by atoms with Crippen LogP contribution in [0.5, 0.6) is 11.5 Å². The van der Waals surface area contributed by atoms with Crippen LogP contribution in [-0.4, -0.2) is 9.61 Å². The van der Waals surface area contributed by atoms with Gasteiger partial charge >= 0.3 is 0 Å². The molecule has 65 heavy (non-hydrogen) atoms. The first-order chi connectivity index (χ1) is 32.4. The molecule has 0 saturated carbocycles. The van der Waals surface area contributed by atoms with E-state index in [2.05, 4.69) is 121 Å². The van der Waals surface area contributed by atoms with Crippen molar-refractivity contribution in [2.24, 2.45) is 0 Å². The van der Waals surface area contributed by atoms with Crippen molar-refractivity contribution in [1.82, 2.24) is 9.61 Å². The van der Waals surface area contributed by atoms with Crippen molar-refractivity contribution < 1.29 is 29.9 Å². The van der Waals surface area contributed by atoms with Crippen molar-refractivity contribution in [3.63, 3.8) is 0 Å². The Morgan fingerprint density at radius 1 is 0.569 bits per heavy atom. The van der Waals surface area contributed by atoms with Gasteiger partial charge in [-0.05, 0) is 86.9 Å². The molecule has 0 saturated heterocycles. The molecule has 0 bridgehead atoms. The van der Waals surface area contributed by atoms with E-state index >= 15 is 0 Å². The van der Waals surface area contributed by atoms with Gasteiger partial charge in [-0.15, -0.1) is 48.1 Å². The molecule has 0 N–H and O–H groups in total. The van der Waals surface area contributed by atoms with Crippen molar-refractivity contribution in [3.8, 4) is 44.9 Å². The van der Waals surface area contributed by atoms with Crippen molar-refractivity contribution >= 4 is 49.9 Å². The predicted molar refractivity (Wildman–Crippen MR) is 263 cm³/mol. The van der Waals surface area contributed by atoms with Gasteiger partial charge in [0.05, 0.1) is 11.7 Å². The van der Waals surface area contributed by atoms with Gasteiger partial charge in [0, 0.05) is 75.8 Å². The minimum absolute atomic E-state index is 0. The second kappa shape index (κ2) is 15.4. The van der Waals surface area contributed by atoms with Crippen molar-refractivity contribution in [2.75, 3.05) is 9.80 Å². The van der Waals surface area contributed by atoms with Crippen LogP contribution in [0.1, 0.15) is 48.5 Å². The standard InChI is InChI=1S/C59H45N4O.Pt/c1-38-30-47(40-20-11-7-12-21-40)56(48(31-38)41-22-13-8-14-23-41)62-37-61(52-26-15-16-27-53(52)62)43-24-17-25-44(34-43)64-45-28-29-46-49-32-42(39-18-9-6-10-19-39)33-50-55(49)57-51(59(4,5)58(50,2)3)36-60-63(57)54(46)35-45;/h6-33,36-37H,1-5H3;/q-3;/i1D3;. The Morgan fingerprint density at radius 3 is 1.83 bits per heavy atom. The van der Waals surface area contributed by atoms with Gasteiger partial charge in [-0.3, -0.25) is 4.52 Å². The molecule has 0 atom stereocenters. The summed E-state index contributed by atoms with van der Waals surface area (Å²) in [6, 6.07) is 64.5. The molecule has 0 fully saturated rings. The first-order valence-electron chi connectivity index (χ1n) is 23.3. The summed E-state index contributed by atoms with van der Waals surface area (Å²) in [5, 5.41) is 8.52. The first-order valence-corrected chi connectivity index (χ1v) is 21.8. The molecular formula is C59H45N4OPt-3. The predicted octanol–water partition coefficient (Wildman–Crippen LogP) is 15.3. The molecular weight excluding hydrogens is 976 g/mol. The summed E-state index contributed by atoms with van der Waals surface area (Å²) >= 11 is 0. The molecule has 1 aliphatic carbocycles. The van der Waals surface area contributed by atoms with Crippen LogP contribution in [0.25, 0.3) is 60.6 Å². The average molecular weight is 1020 g/mol. The minimum atomic E-state index is -2.32. The molecule has 6 heteroatoms. The number of benzene rings is 8. The number of hydrogen-bond donors (Lipinski definition) is 0. The number of aryl methyl sites for hydroxylation is 1. The zero-order valence-electron chi connectivity index (χ0n) is 39.3. The number of anilines is 4. The molecule has 12 rings (SSSR count). The van der Waals surface area contributed by atoms with E-state index < -0.39 is 6.85 Å². The molecule has 10 aromatic rings. The minimum Gasteiger partial charge on any atom is -0.509 e. The number of nitrogens with zero attached hydrogens (tertiary/aromatic N) is 4. The Balaban J connectivity index is 0.00000507. The maximum Gasteiger partial charge on any atom is 0.0752 e. The normalized spacial score (nSPS) is 15.4. The van der Waals surface area contributed by atoms with Crippen LogP contribution in [-0.2, 0) is 31.9 Å². The fraction of sp³-hybridized carbons (Fsp3) is 0.119. The summed E-state index contributed by atoms with van der Waals surface area (Å²) < 4.78 is 34.3. The molecule has 2 aromatic heterocycles. The topological polar surface area (TPSA) is 33.0 Å². The Hall–Kier alpha value is -6.94. The van der Waals surface area contributed by atoms with Gasteiger partial charge < -0.3 is 14.5 Å². The van der Waals surface area contributed by atoms with Crippen molar-refractivity contribution in [1.29, 1.82) is 0 Å². The van der Waals surface area contributed by atoms with Gasteiger partial charge in [0.2, 0.25) is 0 Å². The van der Waals surface area contributed by atoms with Crippen LogP contribution in [0.3, 0.4) is 0 Å². The SMILES string of the molecule is [2H]C([2H])([2H])c1cc(-c2ccccc2)c(N2[CH-]N(c3[c-]c(Oc4[c-]c5c(cc4)c4cc(-c6ccccc6)cc6c4c4c(cnn54)C(C)(C)C6(C)C)ccc3)c3ccccc32)c(-c2ccccc2)c1.[Pt]. The number of pyridine rings is 1. The molecule has 0 radical (unpaired) electrons. The Morgan fingerprint density at radius 2 is 1.17 bits per heavy atom. The van der Waals surface area contributed by atoms with Crippen LogP contribution in [0.15, 0.2) is 176 Å². The average Bonchev–Trinajstić information content (AvgIpc) is 3.98. The van der Waals surface area contributed by atoms with Crippen LogP contribution in [0.2, 0.25) is 0 Å². The fourth-order valence-corrected chi connectivity index (χ4v) is 10.0. The van der Waals surface area contributed by atoms with E-state index in [1.54, 1.807) is 0 Å². The van der Waals surface area contributed by atoms with E-state index in [4.69, 9.17) is 13.9 Å². The smallest absolute Gasteiger partial charge is 0.0752 e. The second-order valence-corrected chi connectivity index (χ2v) is 18.0. The van der Waals surface area contributed by atoms with Gasteiger partial charge in [0.25, 0.3) is 0 Å². The summed E-state index contributed by atoms with van der Waals surface area (Å²) in [5.74, 6) is 1.08. The van der Waals surface area contributed by atoms with E-state index in [0.29, 0.717) is 11.5 Å². The number of ether oxygens (including phenoxy) is 1. The van der Waals surface area contributed by atoms with E-state index in [9.17, 15) is 0 Å². The second-order valence-electron chi connectivity index (χ2n) is 18.0. The molecule has 2 aliphatic rings. The molecule has 0 spiro atoms. The Labute approximate surface area is 399 Å². The van der Waals surface area contributed by atoms with Gasteiger partial charge in [0.15, 0.2) is 0 Å². The van der Waals surface area contributed by atoms with E-state index in [-0.39, 0.29) is 37.5 Å². The van der Waals surface area contributed by atoms with E-state index in [1.165, 1.54) is 33.0 Å². The number of para-hydroxylation sites is 2. The third-order valence-corrected chi connectivity index (χ3v) is 13.9. The number of rotatable bonds is 7. The summed E-state index contributed by atoms with van der Waals surface area (Å²) in [6.07, 6.45) is 2.05. The molecule has 5 nitrogen and oxygen atoms in total. The van der Waals surface area contributed by atoms with Gasteiger partial charge in [-0.1, -0.05) is 142 Å². The molecule has 3 heterocycles. The Kier molecular flexibility index (Phi) is 8.84. The molecule has 320 valence electrons. The van der Waals surface area contributed by atoms with Crippen LogP contribution >= 0.6 is 0 Å². The quantitative estimate of drug-likeness (QED) is 0.118. The van der Waals surface area contributed by atoms with Gasteiger partial charge in [-0.25, -0.2) is 0 Å². The molecule has 0 amide bonds. The van der Waals surface area contributed by atoms with E-state index in [1.807, 2.05) is 115 Å². The number of fused-ring (bicyclic) bond motifs is 4. The van der Waals surface area contributed by atoms with Crippen molar-refractivity contribution in [2.45, 2.75) is 45.4 Å². The van der Waals surface area contributed by atoms with Crippen LogP contribution in [0, 0.1) is 25.7 Å². The van der Waals surface area contributed by atoms with Crippen molar-refractivity contribution in [3.05, 3.63) is 212 Å². The third kappa shape index (κ3) is 6.35. The summed E-state index contributed by atoms with van der Waals surface area (Å²) in [4.78, 5) is 4.28. The Bertz CT molecular complexity index is 3530. The number of hydrogen-bond acceptors (Lipinski definition) is 4. The largest absolute Gasteiger partial charge is 0.509 e. The molecule has 8 aromatic carbocycles. The summed E-state index contributed by atoms with van der Waals surface area (Å²) in [7, 11) is 0. The monoisotopic (exact) mass is 1020 g/mol. The molecule has 0 unspecified atom stereocenters. The zero-order valence-corrected chi connectivity index (χ0v) is 38.6. The maximum absolute atomic E-state index is 8.50. The van der Waals surface area contributed by atoms with Gasteiger partial charge in [0.1, 0.15) is 0 Å². The molecule has 1 aliphatic heterocycles. The zero-order chi connectivity index (χ0) is 45.8. The van der Waals surface area contributed by atoms with E-state index in [0.717, 1.165) is 61.4 Å². The van der Waals surface area contributed by atoms with Gasteiger partial charge in [-0.2, -0.15) is 17.2 Å². The third-order valence-electron chi connectivity index (χ3n) is 13.9. The summed E-state index contributed by atoms with van der Waals surface area (Å²) in [5.41, 5.74) is 13.8. The number of aromatic nitrogens is 2.